The molecule has 0 aromatic heterocycles. The first-order chi connectivity index (χ1) is 10.1. The molecule has 2 atom stereocenters. The maximum atomic E-state index is 12.8. The molecule has 126 valence electrons. The van der Waals surface area contributed by atoms with Crippen LogP contribution in [0.3, 0.4) is 0 Å². The summed E-state index contributed by atoms with van der Waals surface area (Å²) in [6.07, 6.45) is 5.70. The number of hydrogen-bond acceptors (Lipinski definition) is 3. The number of ether oxygens (including phenoxy) is 1. The molecule has 1 saturated heterocycles. The van der Waals surface area contributed by atoms with Crippen molar-refractivity contribution in [1.29, 1.82) is 0 Å². The van der Waals surface area contributed by atoms with Gasteiger partial charge in [-0.15, -0.1) is 0 Å². The fourth-order valence-electron chi connectivity index (χ4n) is 3.81. The number of hydrogen-bond donors (Lipinski definition) is 0. The van der Waals surface area contributed by atoms with Gasteiger partial charge in [0.1, 0.15) is 11.4 Å². The summed E-state index contributed by atoms with van der Waals surface area (Å²) in [5.41, 5.74) is -0.741. The molecular formula is C18H31NO3. The molecule has 0 aromatic rings. The predicted molar refractivity (Wildman–Crippen MR) is 86.7 cm³/mol. The summed E-state index contributed by atoms with van der Waals surface area (Å²) >= 11 is 0. The van der Waals surface area contributed by atoms with E-state index < -0.39 is 5.60 Å². The zero-order valence-corrected chi connectivity index (χ0v) is 14.8. The SMILES string of the molecule is CC(C)(C)OC(=O)N1CCCCC1C1CCCC(C)(C)C1=O. The average Bonchev–Trinajstić information content (AvgIpc) is 2.40. The smallest absolute Gasteiger partial charge is 0.410 e. The van der Waals surface area contributed by atoms with Crippen LogP contribution in [0.2, 0.25) is 0 Å². The van der Waals surface area contributed by atoms with Crippen molar-refractivity contribution in [2.75, 3.05) is 6.54 Å². The lowest BCUT2D eigenvalue weighted by Gasteiger charge is -2.44. The molecule has 0 spiro atoms. The number of carbonyl (C=O) groups is 2. The van der Waals surface area contributed by atoms with E-state index >= 15 is 0 Å². The Morgan fingerprint density at radius 1 is 1.18 bits per heavy atom. The van der Waals surface area contributed by atoms with E-state index in [4.69, 9.17) is 4.74 Å². The highest BCUT2D eigenvalue weighted by atomic mass is 16.6. The third-order valence-corrected chi connectivity index (χ3v) is 4.96. The maximum absolute atomic E-state index is 12.8. The third kappa shape index (κ3) is 3.82. The largest absolute Gasteiger partial charge is 0.444 e. The number of rotatable bonds is 1. The van der Waals surface area contributed by atoms with Crippen LogP contribution in [0.15, 0.2) is 0 Å². The molecule has 1 aliphatic heterocycles. The third-order valence-electron chi connectivity index (χ3n) is 4.96. The topological polar surface area (TPSA) is 46.6 Å². The van der Waals surface area contributed by atoms with Crippen LogP contribution < -0.4 is 0 Å². The lowest BCUT2D eigenvalue weighted by molar-refractivity contribution is -0.137. The Morgan fingerprint density at radius 3 is 2.50 bits per heavy atom. The van der Waals surface area contributed by atoms with Crippen LogP contribution in [0.25, 0.3) is 0 Å². The number of carbonyl (C=O) groups excluding carboxylic acids is 2. The van der Waals surface area contributed by atoms with Crippen molar-refractivity contribution in [3.05, 3.63) is 0 Å². The summed E-state index contributed by atoms with van der Waals surface area (Å²) in [6, 6.07) is 0.0238. The quantitative estimate of drug-likeness (QED) is 0.730. The minimum Gasteiger partial charge on any atom is -0.444 e. The Kier molecular flexibility index (Phi) is 4.88. The van der Waals surface area contributed by atoms with Crippen LogP contribution in [-0.2, 0) is 9.53 Å². The van der Waals surface area contributed by atoms with E-state index in [1.165, 1.54) is 0 Å². The van der Waals surface area contributed by atoms with Crippen molar-refractivity contribution >= 4 is 11.9 Å². The molecule has 2 rings (SSSR count). The zero-order chi connectivity index (χ0) is 16.5. The molecule has 0 bridgehead atoms. The fraction of sp³-hybridized carbons (Fsp3) is 0.889. The van der Waals surface area contributed by atoms with Gasteiger partial charge in [-0.1, -0.05) is 20.3 Å². The van der Waals surface area contributed by atoms with Gasteiger partial charge in [-0.3, -0.25) is 4.79 Å². The molecule has 22 heavy (non-hydrogen) atoms. The lowest BCUT2D eigenvalue weighted by Crippen LogP contribution is -2.53. The van der Waals surface area contributed by atoms with Crippen molar-refractivity contribution in [3.8, 4) is 0 Å². The van der Waals surface area contributed by atoms with Crippen LogP contribution in [0.4, 0.5) is 4.79 Å². The average molecular weight is 309 g/mol. The Balaban J connectivity index is 2.16. The zero-order valence-electron chi connectivity index (χ0n) is 14.8. The van der Waals surface area contributed by atoms with Gasteiger partial charge in [0.15, 0.2) is 0 Å². The van der Waals surface area contributed by atoms with Crippen molar-refractivity contribution in [3.63, 3.8) is 0 Å². The number of Topliss-reactive ketones (excluding diaryl/α,β-unsaturated/α-hetero) is 1. The summed E-state index contributed by atoms with van der Waals surface area (Å²) in [4.78, 5) is 27.2. The van der Waals surface area contributed by atoms with Crippen LogP contribution in [0, 0.1) is 11.3 Å². The van der Waals surface area contributed by atoms with E-state index in [2.05, 4.69) is 0 Å². The molecule has 2 fully saturated rings. The molecule has 2 unspecified atom stereocenters. The summed E-state index contributed by atoms with van der Waals surface area (Å²) in [5.74, 6) is 0.316. The van der Waals surface area contributed by atoms with Gasteiger partial charge in [-0.05, 0) is 52.9 Å². The molecule has 0 aromatic carbocycles. The van der Waals surface area contributed by atoms with Gasteiger partial charge in [0.25, 0.3) is 0 Å². The van der Waals surface area contributed by atoms with E-state index in [9.17, 15) is 9.59 Å². The number of amides is 1. The number of nitrogens with zero attached hydrogens (tertiary/aromatic N) is 1. The Hall–Kier alpha value is -1.06. The first kappa shape index (κ1) is 17.3. The Labute approximate surface area is 134 Å². The molecular weight excluding hydrogens is 278 g/mol. The van der Waals surface area contributed by atoms with Crippen LogP contribution in [0.5, 0.6) is 0 Å². The van der Waals surface area contributed by atoms with E-state index in [0.717, 1.165) is 38.5 Å². The Morgan fingerprint density at radius 2 is 1.86 bits per heavy atom. The molecule has 2 aliphatic rings. The van der Waals surface area contributed by atoms with Crippen LogP contribution in [-0.4, -0.2) is 35.0 Å². The Bertz CT molecular complexity index is 436. The first-order valence-electron chi connectivity index (χ1n) is 8.66. The second-order valence-corrected chi connectivity index (χ2v) is 8.48. The molecule has 1 saturated carbocycles. The van der Waals surface area contributed by atoms with Crippen molar-refractivity contribution < 1.29 is 14.3 Å². The van der Waals surface area contributed by atoms with Gasteiger partial charge in [-0.25, -0.2) is 4.79 Å². The van der Waals surface area contributed by atoms with Gasteiger partial charge in [0.05, 0.1) is 0 Å². The fourth-order valence-corrected chi connectivity index (χ4v) is 3.81. The highest BCUT2D eigenvalue weighted by Gasteiger charge is 2.44. The van der Waals surface area contributed by atoms with E-state index in [0.29, 0.717) is 12.3 Å². The molecule has 0 N–H and O–H groups in total. The normalized spacial score (nSPS) is 29.3. The molecule has 4 nitrogen and oxygen atoms in total. The minimum atomic E-state index is -0.491. The summed E-state index contributed by atoms with van der Waals surface area (Å²) in [7, 11) is 0. The highest BCUT2D eigenvalue weighted by Crippen LogP contribution is 2.40. The van der Waals surface area contributed by atoms with Gasteiger partial charge in [-0.2, -0.15) is 0 Å². The highest BCUT2D eigenvalue weighted by molar-refractivity contribution is 5.88. The van der Waals surface area contributed by atoms with Crippen molar-refractivity contribution in [2.24, 2.45) is 11.3 Å². The van der Waals surface area contributed by atoms with E-state index in [1.807, 2.05) is 39.5 Å². The number of likely N-dealkylation sites (tertiary alicyclic amines) is 1. The van der Waals surface area contributed by atoms with E-state index in [1.54, 1.807) is 0 Å². The summed E-state index contributed by atoms with van der Waals surface area (Å²) in [5, 5.41) is 0. The second kappa shape index (κ2) is 6.21. The van der Waals surface area contributed by atoms with E-state index in [-0.39, 0.29) is 23.5 Å². The molecule has 4 heteroatoms. The standard InChI is InChI=1S/C18H31NO3/c1-17(2,3)22-16(21)19-12-7-6-10-14(19)13-9-8-11-18(4,5)15(13)20/h13-14H,6-12H2,1-5H3. The molecule has 0 radical (unpaired) electrons. The monoisotopic (exact) mass is 309 g/mol. The maximum Gasteiger partial charge on any atom is 0.410 e. The van der Waals surface area contributed by atoms with Gasteiger partial charge in [0, 0.05) is 23.9 Å². The summed E-state index contributed by atoms with van der Waals surface area (Å²) in [6.45, 7) is 10.5. The second-order valence-electron chi connectivity index (χ2n) is 8.48. The molecule has 1 heterocycles. The van der Waals surface area contributed by atoms with Crippen molar-refractivity contribution in [2.45, 2.75) is 84.8 Å². The number of piperidine rings is 1. The summed E-state index contributed by atoms with van der Waals surface area (Å²) < 4.78 is 5.56. The van der Waals surface area contributed by atoms with Gasteiger partial charge in [0.2, 0.25) is 0 Å². The first-order valence-corrected chi connectivity index (χ1v) is 8.66. The minimum absolute atomic E-state index is 0.0171. The van der Waals surface area contributed by atoms with Gasteiger partial charge >= 0.3 is 6.09 Å². The van der Waals surface area contributed by atoms with Crippen molar-refractivity contribution in [1.82, 2.24) is 4.90 Å². The van der Waals surface area contributed by atoms with Gasteiger partial charge < -0.3 is 9.64 Å². The van der Waals surface area contributed by atoms with Crippen LogP contribution >= 0.6 is 0 Å². The predicted octanol–water partition coefficient (Wildman–Crippen LogP) is 4.17. The lowest BCUT2D eigenvalue weighted by atomic mass is 9.67. The molecule has 1 aliphatic carbocycles. The molecule has 1 amide bonds. The number of ketones is 1. The van der Waals surface area contributed by atoms with Crippen LogP contribution in [0.1, 0.15) is 73.1 Å².